The summed E-state index contributed by atoms with van der Waals surface area (Å²) in [4.78, 5) is 31.5. The highest BCUT2D eigenvalue weighted by molar-refractivity contribution is 8.15. The first-order valence-corrected chi connectivity index (χ1v) is 9.95. The Bertz CT molecular complexity index is 904. The van der Waals surface area contributed by atoms with Crippen molar-refractivity contribution in [2.45, 2.75) is 25.5 Å². The third kappa shape index (κ3) is 4.89. The normalized spacial score (nSPS) is 17.8. The topological polar surface area (TPSA) is 61.8 Å². The van der Waals surface area contributed by atoms with Crippen molar-refractivity contribution in [1.29, 1.82) is 0 Å². The molecule has 2 amide bonds. The van der Waals surface area contributed by atoms with Crippen LogP contribution in [0.2, 0.25) is 0 Å². The Balaban J connectivity index is 1.77. The number of para-hydroxylation sites is 1. The van der Waals surface area contributed by atoms with Gasteiger partial charge in [0, 0.05) is 18.7 Å². The summed E-state index contributed by atoms with van der Waals surface area (Å²) >= 11 is 1.33. The van der Waals surface area contributed by atoms with Crippen molar-refractivity contribution in [3.8, 4) is 0 Å². The van der Waals surface area contributed by atoms with Gasteiger partial charge < -0.3 is 5.32 Å². The van der Waals surface area contributed by atoms with Crippen LogP contribution in [0.15, 0.2) is 66.2 Å². The first-order valence-electron chi connectivity index (χ1n) is 9.07. The predicted molar refractivity (Wildman–Crippen MR) is 116 cm³/mol. The lowest BCUT2D eigenvalue weighted by Crippen LogP contribution is -2.33. The first kappa shape index (κ1) is 19.9. The fourth-order valence-corrected chi connectivity index (χ4v) is 4.22. The number of amides is 2. The van der Waals surface area contributed by atoms with Crippen molar-refractivity contribution >= 4 is 40.1 Å². The van der Waals surface area contributed by atoms with Crippen LogP contribution in [-0.4, -0.2) is 33.7 Å². The van der Waals surface area contributed by atoms with Gasteiger partial charge in [-0.1, -0.05) is 42.1 Å². The zero-order valence-corrected chi connectivity index (χ0v) is 16.8. The van der Waals surface area contributed by atoms with Crippen LogP contribution in [-0.2, 0) is 9.59 Å². The van der Waals surface area contributed by atoms with Gasteiger partial charge in [-0.25, -0.2) is 4.99 Å². The van der Waals surface area contributed by atoms with E-state index >= 15 is 0 Å². The molecule has 2 aromatic rings. The second-order valence-electron chi connectivity index (χ2n) is 6.70. The van der Waals surface area contributed by atoms with Gasteiger partial charge >= 0.3 is 0 Å². The maximum absolute atomic E-state index is 12.8. The number of rotatable bonds is 6. The van der Waals surface area contributed by atoms with Crippen LogP contribution in [0.1, 0.15) is 17.5 Å². The quantitative estimate of drug-likeness (QED) is 0.738. The van der Waals surface area contributed by atoms with Crippen molar-refractivity contribution in [3.63, 3.8) is 0 Å². The molecule has 28 heavy (non-hydrogen) atoms. The molecule has 0 bridgehead atoms. The second kappa shape index (κ2) is 8.89. The number of anilines is 1. The minimum Gasteiger partial charge on any atom is -0.326 e. The highest BCUT2D eigenvalue weighted by Gasteiger charge is 2.38. The molecular formula is C22H23N3O2S. The summed E-state index contributed by atoms with van der Waals surface area (Å²) in [5.41, 5.74) is 3.75. The van der Waals surface area contributed by atoms with Gasteiger partial charge in [0.25, 0.3) is 0 Å². The number of hydrogen-bond donors (Lipinski definition) is 1. The number of thioether (sulfide) groups is 1. The van der Waals surface area contributed by atoms with Crippen LogP contribution >= 0.6 is 11.8 Å². The number of carbonyl (C=O) groups is 2. The number of benzene rings is 2. The van der Waals surface area contributed by atoms with Crippen LogP contribution in [0, 0.1) is 13.8 Å². The molecule has 0 radical (unpaired) electrons. The summed E-state index contributed by atoms with van der Waals surface area (Å²) in [7, 11) is 0. The fraction of sp³-hybridized carbons (Fsp3) is 0.227. The van der Waals surface area contributed by atoms with Crippen molar-refractivity contribution in [2.24, 2.45) is 4.99 Å². The Morgan fingerprint density at radius 1 is 1.21 bits per heavy atom. The number of carbonyl (C=O) groups excluding carboxylic acids is 2. The molecule has 1 N–H and O–H groups in total. The summed E-state index contributed by atoms with van der Waals surface area (Å²) in [5.74, 6) is -0.306. The largest absolute Gasteiger partial charge is 0.326 e. The van der Waals surface area contributed by atoms with E-state index in [9.17, 15) is 9.59 Å². The van der Waals surface area contributed by atoms with Crippen LogP contribution in [0.25, 0.3) is 0 Å². The van der Waals surface area contributed by atoms with Gasteiger partial charge in [0.2, 0.25) is 11.8 Å². The minimum absolute atomic E-state index is 0.0951. The van der Waals surface area contributed by atoms with Gasteiger partial charge in [0.1, 0.15) is 5.25 Å². The Morgan fingerprint density at radius 2 is 1.89 bits per heavy atom. The maximum atomic E-state index is 12.8. The van der Waals surface area contributed by atoms with Crippen molar-refractivity contribution in [2.75, 3.05) is 11.9 Å². The van der Waals surface area contributed by atoms with Gasteiger partial charge in [0.15, 0.2) is 5.17 Å². The molecule has 3 rings (SSSR count). The Labute approximate surface area is 169 Å². The zero-order chi connectivity index (χ0) is 20.1. The molecule has 1 unspecified atom stereocenters. The minimum atomic E-state index is -0.492. The Kier molecular flexibility index (Phi) is 6.31. The lowest BCUT2D eigenvalue weighted by molar-refractivity contribution is -0.127. The summed E-state index contributed by atoms with van der Waals surface area (Å²) in [6, 6.07) is 15.3. The smallest absolute Gasteiger partial charge is 0.242 e. The standard InChI is InChI=1S/C22H23N3O2S/c1-4-10-25-21(27)19(14-20(26)23-17-8-6-5-7-9-17)28-22(25)24-18-12-15(2)11-16(3)13-18/h4-9,11-13,19H,1,10,14H2,2-3H3,(H,23,26). The number of hydrogen-bond acceptors (Lipinski definition) is 4. The number of aryl methyl sites for hydroxylation is 2. The summed E-state index contributed by atoms with van der Waals surface area (Å²) in [6.45, 7) is 8.13. The molecule has 1 fully saturated rings. The molecule has 0 saturated carbocycles. The molecule has 1 saturated heterocycles. The van der Waals surface area contributed by atoms with Crippen molar-refractivity contribution < 1.29 is 9.59 Å². The molecule has 1 heterocycles. The fourth-order valence-electron chi connectivity index (χ4n) is 3.05. The molecule has 2 aromatic carbocycles. The molecule has 0 spiro atoms. The van der Waals surface area contributed by atoms with E-state index < -0.39 is 5.25 Å². The molecule has 6 heteroatoms. The van der Waals surface area contributed by atoms with Crippen molar-refractivity contribution in [1.82, 2.24) is 4.90 Å². The van der Waals surface area contributed by atoms with E-state index in [0.29, 0.717) is 11.7 Å². The second-order valence-corrected chi connectivity index (χ2v) is 7.87. The van der Waals surface area contributed by atoms with Gasteiger partial charge in [-0.2, -0.15) is 0 Å². The number of amidine groups is 1. The first-order chi connectivity index (χ1) is 13.5. The van der Waals surface area contributed by atoms with Crippen LogP contribution < -0.4 is 5.32 Å². The van der Waals surface area contributed by atoms with E-state index in [1.54, 1.807) is 11.0 Å². The van der Waals surface area contributed by atoms with Crippen LogP contribution in [0.4, 0.5) is 11.4 Å². The SMILES string of the molecule is C=CCN1C(=O)C(CC(=O)Nc2ccccc2)SC1=Nc1cc(C)cc(C)c1. The highest BCUT2D eigenvalue weighted by atomic mass is 32.2. The summed E-state index contributed by atoms with van der Waals surface area (Å²) in [5, 5.41) is 2.94. The summed E-state index contributed by atoms with van der Waals surface area (Å²) < 4.78 is 0. The molecule has 1 aliphatic rings. The average Bonchev–Trinajstić information content (AvgIpc) is 2.90. The average molecular weight is 394 g/mol. The third-order valence-electron chi connectivity index (χ3n) is 4.19. The highest BCUT2D eigenvalue weighted by Crippen LogP contribution is 2.32. The van der Waals surface area contributed by atoms with E-state index in [2.05, 4.69) is 23.0 Å². The van der Waals surface area contributed by atoms with Crippen molar-refractivity contribution in [3.05, 3.63) is 72.3 Å². The van der Waals surface area contributed by atoms with E-state index in [0.717, 1.165) is 22.5 Å². The van der Waals surface area contributed by atoms with E-state index in [-0.39, 0.29) is 18.2 Å². The molecule has 5 nitrogen and oxygen atoms in total. The number of nitrogens with zero attached hydrogens (tertiary/aromatic N) is 2. The lowest BCUT2D eigenvalue weighted by atomic mass is 10.1. The van der Waals surface area contributed by atoms with E-state index in [4.69, 9.17) is 0 Å². The molecule has 1 atom stereocenters. The Morgan fingerprint density at radius 3 is 2.54 bits per heavy atom. The molecule has 0 aromatic heterocycles. The van der Waals surface area contributed by atoms with Gasteiger partial charge in [-0.15, -0.1) is 6.58 Å². The number of nitrogens with one attached hydrogen (secondary N) is 1. The van der Waals surface area contributed by atoms with E-state index in [1.165, 1.54) is 11.8 Å². The van der Waals surface area contributed by atoms with Gasteiger partial charge in [0.05, 0.1) is 5.69 Å². The summed E-state index contributed by atoms with van der Waals surface area (Å²) in [6.07, 6.45) is 1.76. The van der Waals surface area contributed by atoms with Gasteiger partial charge in [-0.05, 0) is 49.2 Å². The van der Waals surface area contributed by atoms with Crippen LogP contribution in [0.3, 0.4) is 0 Å². The number of aliphatic imine (C=N–C) groups is 1. The van der Waals surface area contributed by atoms with E-state index in [1.807, 2.05) is 56.3 Å². The lowest BCUT2D eigenvalue weighted by Gasteiger charge is -2.14. The molecule has 144 valence electrons. The predicted octanol–water partition coefficient (Wildman–Crippen LogP) is 4.45. The maximum Gasteiger partial charge on any atom is 0.242 e. The zero-order valence-electron chi connectivity index (χ0n) is 16.0. The third-order valence-corrected chi connectivity index (χ3v) is 5.37. The molecule has 1 aliphatic heterocycles. The van der Waals surface area contributed by atoms with Gasteiger partial charge in [-0.3, -0.25) is 14.5 Å². The van der Waals surface area contributed by atoms with Crippen LogP contribution in [0.5, 0.6) is 0 Å². The monoisotopic (exact) mass is 393 g/mol. The Hall–Kier alpha value is -2.86. The molecular weight excluding hydrogens is 370 g/mol. The molecule has 0 aliphatic carbocycles.